The molecule has 0 bridgehead atoms. The summed E-state index contributed by atoms with van der Waals surface area (Å²) in [7, 11) is 0. The number of benzene rings is 2. The normalized spacial score (nSPS) is 14.4. The number of nitrogens with zero attached hydrogens (tertiary/aromatic N) is 4. The van der Waals surface area contributed by atoms with Gasteiger partial charge in [-0.3, -0.25) is 14.9 Å². The summed E-state index contributed by atoms with van der Waals surface area (Å²) in [5.41, 5.74) is 2.37. The van der Waals surface area contributed by atoms with Crippen LogP contribution in [0.25, 0.3) is 11.4 Å². The zero-order chi connectivity index (χ0) is 21.8. The zero-order valence-corrected chi connectivity index (χ0v) is 17.4. The van der Waals surface area contributed by atoms with Crippen LogP contribution in [0.4, 0.5) is 5.69 Å². The molecule has 31 heavy (non-hydrogen) atoms. The lowest BCUT2D eigenvalue weighted by molar-refractivity contribution is -0.384. The molecule has 2 aromatic carbocycles. The van der Waals surface area contributed by atoms with Gasteiger partial charge in [-0.2, -0.15) is 4.98 Å². The molecule has 0 spiro atoms. The average molecular weight is 420 g/mol. The minimum atomic E-state index is -0.474. The number of carbonyl (C=O) groups excluding carboxylic acids is 1. The molecule has 1 amide bonds. The number of nitro groups is 1. The van der Waals surface area contributed by atoms with Crippen LogP contribution in [-0.2, 0) is 6.54 Å². The number of hydrogen-bond acceptors (Lipinski definition) is 6. The third-order valence-corrected chi connectivity index (χ3v) is 5.68. The first-order valence-corrected chi connectivity index (χ1v) is 10.5. The number of carbonyl (C=O) groups is 1. The highest BCUT2D eigenvalue weighted by Gasteiger charge is 2.28. The summed E-state index contributed by atoms with van der Waals surface area (Å²) < 4.78 is 5.46. The number of non-ortho nitro benzene ring substituents is 1. The lowest BCUT2D eigenvalue weighted by atomic mass is 9.93. The van der Waals surface area contributed by atoms with E-state index >= 15 is 0 Å². The van der Waals surface area contributed by atoms with Crippen LogP contribution in [0.15, 0.2) is 53.1 Å². The van der Waals surface area contributed by atoms with Crippen LogP contribution in [0.5, 0.6) is 0 Å². The maximum Gasteiger partial charge on any atom is 0.269 e. The Morgan fingerprint density at radius 3 is 2.42 bits per heavy atom. The molecular weight excluding hydrogens is 396 g/mol. The van der Waals surface area contributed by atoms with E-state index in [4.69, 9.17) is 4.52 Å². The van der Waals surface area contributed by atoms with Crippen molar-refractivity contribution in [3.05, 3.63) is 75.7 Å². The number of rotatable bonds is 6. The number of aromatic nitrogens is 2. The summed E-state index contributed by atoms with van der Waals surface area (Å²) in [5.74, 6) is 0.676. The summed E-state index contributed by atoms with van der Waals surface area (Å²) in [6, 6.07) is 13.6. The lowest BCUT2D eigenvalue weighted by Crippen LogP contribution is -2.41. The first-order chi connectivity index (χ1) is 15.0. The highest BCUT2D eigenvalue weighted by atomic mass is 16.6. The summed E-state index contributed by atoms with van der Waals surface area (Å²) in [5, 5.41) is 15.0. The highest BCUT2D eigenvalue weighted by Crippen LogP contribution is 2.26. The molecule has 160 valence electrons. The predicted octanol–water partition coefficient (Wildman–Crippen LogP) is 4.93. The van der Waals surface area contributed by atoms with Gasteiger partial charge in [-0.15, -0.1) is 0 Å². The van der Waals surface area contributed by atoms with Crippen LogP contribution in [0.2, 0.25) is 0 Å². The average Bonchev–Trinajstić information content (AvgIpc) is 3.27. The standard InChI is InChI=1S/C23H24N4O4/c1-16-7-9-17(10-8-16)22-24-21(31-25-22)15-26(19-5-3-2-4-6-19)23(28)18-11-13-20(14-12-18)27(29)30/h7-14,19H,2-6,15H2,1H3. The smallest absolute Gasteiger partial charge is 0.269 e. The molecule has 0 atom stereocenters. The van der Waals surface area contributed by atoms with E-state index in [1.165, 1.54) is 24.3 Å². The van der Waals surface area contributed by atoms with Crippen molar-refractivity contribution in [2.45, 2.75) is 51.6 Å². The maximum absolute atomic E-state index is 13.3. The minimum Gasteiger partial charge on any atom is -0.337 e. The van der Waals surface area contributed by atoms with Crippen LogP contribution < -0.4 is 0 Å². The molecule has 1 fully saturated rings. The van der Waals surface area contributed by atoms with E-state index in [1.807, 2.05) is 31.2 Å². The number of amides is 1. The van der Waals surface area contributed by atoms with Crippen LogP contribution in [0, 0.1) is 17.0 Å². The van der Waals surface area contributed by atoms with Crippen LogP contribution in [0.3, 0.4) is 0 Å². The van der Waals surface area contributed by atoms with Crippen LogP contribution >= 0.6 is 0 Å². The SMILES string of the molecule is Cc1ccc(-c2noc(CN(C(=O)c3ccc([N+](=O)[O-])cc3)C3CCCCC3)n2)cc1. The Bertz CT molecular complexity index is 1050. The van der Waals surface area contributed by atoms with Gasteiger partial charge in [0.2, 0.25) is 11.7 Å². The van der Waals surface area contributed by atoms with Crippen molar-refractivity contribution in [1.82, 2.24) is 15.0 Å². The second-order valence-electron chi connectivity index (χ2n) is 7.91. The number of hydrogen-bond donors (Lipinski definition) is 0. The van der Waals surface area contributed by atoms with Crippen molar-refractivity contribution >= 4 is 11.6 Å². The van der Waals surface area contributed by atoms with Gasteiger partial charge >= 0.3 is 0 Å². The van der Waals surface area contributed by atoms with Crippen molar-refractivity contribution in [1.29, 1.82) is 0 Å². The predicted molar refractivity (Wildman–Crippen MR) is 114 cm³/mol. The molecule has 8 nitrogen and oxygen atoms in total. The molecule has 3 aromatic rings. The van der Waals surface area contributed by atoms with E-state index in [0.29, 0.717) is 17.3 Å². The van der Waals surface area contributed by atoms with Gasteiger partial charge < -0.3 is 9.42 Å². The Hall–Kier alpha value is -3.55. The number of nitro benzene ring substituents is 1. The molecule has 0 radical (unpaired) electrons. The first-order valence-electron chi connectivity index (χ1n) is 10.5. The van der Waals surface area contributed by atoms with E-state index in [2.05, 4.69) is 10.1 Å². The molecule has 1 aromatic heterocycles. The molecule has 1 heterocycles. The molecular formula is C23H24N4O4. The Balaban J connectivity index is 1.57. The van der Waals surface area contributed by atoms with Gasteiger partial charge in [-0.1, -0.05) is 54.2 Å². The van der Waals surface area contributed by atoms with E-state index in [9.17, 15) is 14.9 Å². The largest absolute Gasteiger partial charge is 0.337 e. The van der Waals surface area contributed by atoms with Crippen molar-refractivity contribution in [3.8, 4) is 11.4 Å². The van der Waals surface area contributed by atoms with Crippen molar-refractivity contribution < 1.29 is 14.2 Å². The van der Waals surface area contributed by atoms with Gasteiger partial charge in [0.25, 0.3) is 11.6 Å². The van der Waals surface area contributed by atoms with E-state index < -0.39 is 4.92 Å². The Morgan fingerprint density at radius 2 is 1.77 bits per heavy atom. The Kier molecular flexibility index (Phi) is 6.06. The van der Waals surface area contributed by atoms with Crippen molar-refractivity contribution in [3.63, 3.8) is 0 Å². The fraction of sp³-hybridized carbons (Fsp3) is 0.348. The fourth-order valence-electron chi connectivity index (χ4n) is 3.94. The number of aryl methyl sites for hydroxylation is 1. The fourth-order valence-corrected chi connectivity index (χ4v) is 3.94. The molecule has 0 unspecified atom stereocenters. The third-order valence-electron chi connectivity index (χ3n) is 5.68. The van der Waals surface area contributed by atoms with E-state index in [0.717, 1.165) is 43.2 Å². The summed E-state index contributed by atoms with van der Waals surface area (Å²) in [6.45, 7) is 2.22. The molecule has 4 rings (SSSR count). The van der Waals surface area contributed by atoms with Gasteiger partial charge in [0, 0.05) is 29.3 Å². The van der Waals surface area contributed by atoms with Gasteiger partial charge in [-0.25, -0.2) is 0 Å². The van der Waals surface area contributed by atoms with Gasteiger partial charge in [0.05, 0.1) is 4.92 Å². The molecule has 0 aliphatic heterocycles. The quantitative estimate of drug-likeness (QED) is 0.414. The van der Waals surface area contributed by atoms with Crippen LogP contribution in [0.1, 0.15) is 53.9 Å². The zero-order valence-electron chi connectivity index (χ0n) is 17.4. The summed E-state index contributed by atoms with van der Waals surface area (Å²) in [6.07, 6.45) is 5.11. The molecule has 1 saturated carbocycles. The topological polar surface area (TPSA) is 102 Å². The van der Waals surface area contributed by atoms with Gasteiger partial charge in [-0.05, 0) is 31.9 Å². The van der Waals surface area contributed by atoms with E-state index in [1.54, 1.807) is 4.90 Å². The van der Waals surface area contributed by atoms with Gasteiger partial charge in [0.15, 0.2) is 0 Å². The third kappa shape index (κ3) is 4.79. The Morgan fingerprint density at radius 1 is 1.10 bits per heavy atom. The molecule has 0 N–H and O–H groups in total. The molecule has 1 aliphatic carbocycles. The van der Waals surface area contributed by atoms with E-state index in [-0.39, 0.29) is 24.2 Å². The second kappa shape index (κ2) is 9.07. The lowest BCUT2D eigenvalue weighted by Gasteiger charge is -2.33. The maximum atomic E-state index is 13.3. The highest BCUT2D eigenvalue weighted by molar-refractivity contribution is 5.94. The van der Waals surface area contributed by atoms with Crippen LogP contribution in [-0.4, -0.2) is 31.9 Å². The second-order valence-corrected chi connectivity index (χ2v) is 7.91. The molecule has 1 aliphatic rings. The summed E-state index contributed by atoms with van der Waals surface area (Å²) >= 11 is 0. The first kappa shape index (κ1) is 20.7. The summed E-state index contributed by atoms with van der Waals surface area (Å²) in [4.78, 5) is 30.0. The Labute approximate surface area is 180 Å². The minimum absolute atomic E-state index is 0.0413. The van der Waals surface area contributed by atoms with Gasteiger partial charge in [0.1, 0.15) is 6.54 Å². The van der Waals surface area contributed by atoms with Crippen molar-refractivity contribution in [2.24, 2.45) is 0 Å². The van der Waals surface area contributed by atoms with Crippen molar-refractivity contribution in [2.75, 3.05) is 0 Å². The molecule has 0 saturated heterocycles. The molecule has 8 heteroatoms. The monoisotopic (exact) mass is 420 g/mol.